The van der Waals surface area contributed by atoms with Crippen LogP contribution in [0.25, 0.3) is 0 Å². The van der Waals surface area contributed by atoms with E-state index in [-0.39, 0.29) is 28.7 Å². The summed E-state index contributed by atoms with van der Waals surface area (Å²) in [7, 11) is 0. The molecule has 5 rings (SSSR count). The topological polar surface area (TPSA) is 82.0 Å². The summed E-state index contributed by atoms with van der Waals surface area (Å²) in [6.07, 6.45) is 5.58. The standard InChI is InChI=1S/C26H23Cl2N3O4/c1-26(12-21(31-35-26)16-5-3-2-4-6-16)15-33-23-11-17(7-10-22(23)34-18-8-9-18)25(32)30-24-19(27)13-29-14-20(24)28/h2-7,10-11,13-14,18H,8-9,12,15H2,1H3,(H,29,30,32). The molecule has 2 aromatic carbocycles. The SMILES string of the molecule is CC1(COc2cc(C(=O)Nc3c(Cl)cncc3Cl)ccc2OC2CC2)CC(c2ccccc2)=NO1. The second-order valence-electron chi connectivity index (χ2n) is 8.82. The van der Waals surface area contributed by atoms with Crippen molar-refractivity contribution in [1.82, 2.24) is 4.98 Å². The number of benzene rings is 2. The number of halogens is 2. The quantitative estimate of drug-likeness (QED) is 0.392. The van der Waals surface area contributed by atoms with Crippen LogP contribution in [0.2, 0.25) is 10.0 Å². The first-order valence-electron chi connectivity index (χ1n) is 11.2. The first-order chi connectivity index (χ1) is 16.9. The normalized spacial score (nSPS) is 19.0. The minimum Gasteiger partial charge on any atom is -0.487 e. The third kappa shape index (κ3) is 5.52. The van der Waals surface area contributed by atoms with Crippen molar-refractivity contribution in [2.24, 2.45) is 5.16 Å². The van der Waals surface area contributed by atoms with Gasteiger partial charge in [-0.3, -0.25) is 9.78 Å². The van der Waals surface area contributed by atoms with Crippen LogP contribution in [0.5, 0.6) is 11.5 Å². The van der Waals surface area contributed by atoms with E-state index in [2.05, 4.69) is 15.5 Å². The summed E-state index contributed by atoms with van der Waals surface area (Å²) < 4.78 is 12.2. The highest BCUT2D eigenvalue weighted by Crippen LogP contribution is 2.37. The molecule has 7 nitrogen and oxygen atoms in total. The molecule has 1 aliphatic heterocycles. The first-order valence-corrected chi connectivity index (χ1v) is 12.0. The lowest BCUT2D eigenvalue weighted by Gasteiger charge is -2.23. The van der Waals surface area contributed by atoms with Gasteiger partial charge in [0.25, 0.3) is 5.91 Å². The number of anilines is 1. The van der Waals surface area contributed by atoms with Crippen LogP contribution >= 0.6 is 23.2 Å². The molecule has 1 aromatic heterocycles. The first kappa shape index (κ1) is 23.5. The summed E-state index contributed by atoms with van der Waals surface area (Å²) in [6, 6.07) is 15.0. The van der Waals surface area contributed by atoms with Crippen molar-refractivity contribution in [3.05, 3.63) is 82.1 Å². The number of oxime groups is 1. The zero-order chi connectivity index (χ0) is 24.4. The Kier molecular flexibility index (Phi) is 6.54. The van der Waals surface area contributed by atoms with Crippen LogP contribution in [0, 0.1) is 0 Å². The number of ether oxygens (including phenoxy) is 2. The Morgan fingerprint density at radius 1 is 1.11 bits per heavy atom. The number of nitrogens with zero attached hydrogens (tertiary/aromatic N) is 2. The fraction of sp³-hybridized carbons (Fsp3) is 0.269. The molecule has 9 heteroatoms. The molecular formula is C26H23Cl2N3O4. The van der Waals surface area contributed by atoms with Crippen molar-refractivity contribution < 1.29 is 19.1 Å². The number of amides is 1. The highest BCUT2D eigenvalue weighted by atomic mass is 35.5. The zero-order valence-corrected chi connectivity index (χ0v) is 20.5. The predicted octanol–water partition coefficient (Wildman–Crippen LogP) is 6.14. The molecule has 0 radical (unpaired) electrons. The lowest BCUT2D eigenvalue weighted by atomic mass is 9.97. The zero-order valence-electron chi connectivity index (χ0n) is 19.0. The van der Waals surface area contributed by atoms with Gasteiger partial charge in [0, 0.05) is 24.4 Å². The van der Waals surface area contributed by atoms with Gasteiger partial charge in [0.1, 0.15) is 6.61 Å². The fourth-order valence-corrected chi connectivity index (χ4v) is 4.08. The number of pyridine rings is 1. The number of aromatic nitrogens is 1. The van der Waals surface area contributed by atoms with Gasteiger partial charge in [-0.05, 0) is 43.5 Å². The predicted molar refractivity (Wildman–Crippen MR) is 135 cm³/mol. The molecule has 3 aromatic rings. The monoisotopic (exact) mass is 511 g/mol. The molecule has 0 bridgehead atoms. The van der Waals surface area contributed by atoms with Gasteiger partial charge in [0.05, 0.1) is 27.5 Å². The Morgan fingerprint density at radius 3 is 2.57 bits per heavy atom. The van der Waals surface area contributed by atoms with Crippen molar-refractivity contribution in [3.63, 3.8) is 0 Å². The van der Waals surface area contributed by atoms with Crippen LogP contribution in [-0.4, -0.2) is 34.9 Å². The van der Waals surface area contributed by atoms with E-state index in [1.54, 1.807) is 18.2 Å². The summed E-state index contributed by atoms with van der Waals surface area (Å²) in [5, 5.41) is 7.51. The molecule has 1 amide bonds. The molecule has 1 atom stereocenters. The average Bonchev–Trinajstić information content (AvgIpc) is 3.59. The van der Waals surface area contributed by atoms with Crippen LogP contribution in [0.3, 0.4) is 0 Å². The van der Waals surface area contributed by atoms with E-state index in [4.69, 9.17) is 37.5 Å². The van der Waals surface area contributed by atoms with Gasteiger partial charge in [0.15, 0.2) is 17.1 Å². The molecule has 2 heterocycles. The summed E-state index contributed by atoms with van der Waals surface area (Å²) in [5.74, 6) is 0.644. The van der Waals surface area contributed by atoms with Crippen LogP contribution in [0.1, 0.15) is 42.1 Å². The molecule has 1 N–H and O–H groups in total. The molecule has 1 unspecified atom stereocenters. The van der Waals surface area contributed by atoms with Crippen molar-refractivity contribution in [2.75, 3.05) is 11.9 Å². The lowest BCUT2D eigenvalue weighted by molar-refractivity contribution is -0.0362. The van der Waals surface area contributed by atoms with Gasteiger partial charge in [-0.25, -0.2) is 0 Å². The highest BCUT2D eigenvalue weighted by Gasteiger charge is 2.36. The van der Waals surface area contributed by atoms with Gasteiger partial charge in [-0.15, -0.1) is 0 Å². The average molecular weight is 512 g/mol. The summed E-state index contributed by atoms with van der Waals surface area (Å²) in [5.41, 5.74) is 1.89. The summed E-state index contributed by atoms with van der Waals surface area (Å²) in [4.78, 5) is 22.6. The smallest absolute Gasteiger partial charge is 0.255 e. The highest BCUT2D eigenvalue weighted by molar-refractivity contribution is 6.39. The van der Waals surface area contributed by atoms with E-state index in [0.29, 0.717) is 29.2 Å². The maximum absolute atomic E-state index is 13.0. The number of rotatable bonds is 8. The second kappa shape index (κ2) is 9.76. The van der Waals surface area contributed by atoms with Gasteiger partial charge < -0.3 is 19.6 Å². The minimum absolute atomic E-state index is 0.165. The maximum Gasteiger partial charge on any atom is 0.255 e. The molecule has 0 saturated heterocycles. The van der Waals surface area contributed by atoms with Crippen molar-refractivity contribution in [3.8, 4) is 11.5 Å². The van der Waals surface area contributed by atoms with Gasteiger partial charge in [0.2, 0.25) is 0 Å². The van der Waals surface area contributed by atoms with Crippen LogP contribution < -0.4 is 14.8 Å². The van der Waals surface area contributed by atoms with E-state index in [1.165, 1.54) is 12.4 Å². The van der Waals surface area contributed by atoms with Crippen LogP contribution in [0.15, 0.2) is 66.1 Å². The van der Waals surface area contributed by atoms with Gasteiger partial charge in [-0.1, -0.05) is 58.7 Å². The van der Waals surface area contributed by atoms with E-state index in [1.807, 2.05) is 37.3 Å². The number of nitrogens with one attached hydrogen (secondary N) is 1. The Bertz CT molecular complexity index is 1260. The Morgan fingerprint density at radius 2 is 1.86 bits per heavy atom. The third-order valence-electron chi connectivity index (χ3n) is 5.67. The van der Waals surface area contributed by atoms with Crippen LogP contribution in [-0.2, 0) is 4.84 Å². The van der Waals surface area contributed by atoms with Gasteiger partial charge >= 0.3 is 0 Å². The third-order valence-corrected chi connectivity index (χ3v) is 6.25. The minimum atomic E-state index is -0.654. The molecule has 1 saturated carbocycles. The maximum atomic E-state index is 13.0. The van der Waals surface area contributed by atoms with E-state index >= 15 is 0 Å². The molecule has 1 aliphatic carbocycles. The van der Waals surface area contributed by atoms with E-state index in [9.17, 15) is 4.79 Å². The molecule has 180 valence electrons. The van der Waals surface area contributed by atoms with E-state index in [0.717, 1.165) is 24.1 Å². The number of hydrogen-bond donors (Lipinski definition) is 1. The number of carbonyl (C=O) groups is 1. The van der Waals surface area contributed by atoms with Crippen molar-refractivity contribution >= 4 is 40.5 Å². The van der Waals surface area contributed by atoms with Crippen molar-refractivity contribution in [1.29, 1.82) is 0 Å². The van der Waals surface area contributed by atoms with Gasteiger partial charge in [-0.2, -0.15) is 0 Å². The molecule has 2 aliphatic rings. The number of carbonyl (C=O) groups excluding carboxylic acids is 1. The van der Waals surface area contributed by atoms with Crippen LogP contribution in [0.4, 0.5) is 5.69 Å². The molecule has 1 fully saturated rings. The Balaban J connectivity index is 1.32. The summed E-state index contributed by atoms with van der Waals surface area (Å²) in [6.45, 7) is 2.17. The molecule has 0 spiro atoms. The lowest BCUT2D eigenvalue weighted by Crippen LogP contribution is -2.33. The summed E-state index contributed by atoms with van der Waals surface area (Å²) >= 11 is 12.3. The largest absolute Gasteiger partial charge is 0.487 e. The van der Waals surface area contributed by atoms with E-state index < -0.39 is 5.60 Å². The van der Waals surface area contributed by atoms with Crippen molar-refractivity contribution in [2.45, 2.75) is 37.9 Å². The number of hydrogen-bond acceptors (Lipinski definition) is 6. The Hall–Kier alpha value is -3.29. The molecule has 35 heavy (non-hydrogen) atoms. The molecular weight excluding hydrogens is 489 g/mol. The Labute approximate surface area is 213 Å². The second-order valence-corrected chi connectivity index (χ2v) is 9.64. The fourth-order valence-electron chi connectivity index (χ4n) is 3.62.